The van der Waals surface area contributed by atoms with Gasteiger partial charge in [-0.05, 0) is 55.0 Å². The van der Waals surface area contributed by atoms with E-state index < -0.39 is 5.97 Å². The highest BCUT2D eigenvalue weighted by atomic mass is 35.5. The predicted octanol–water partition coefficient (Wildman–Crippen LogP) is 4.12. The van der Waals surface area contributed by atoms with E-state index in [0.717, 1.165) is 0 Å². The Hall–Kier alpha value is -3.71. The Morgan fingerprint density at radius 2 is 1.97 bits per heavy atom. The second kappa shape index (κ2) is 10.2. The molecule has 0 saturated heterocycles. The molecule has 0 fully saturated rings. The largest absolute Gasteiger partial charge is 0.490 e. The van der Waals surface area contributed by atoms with Crippen molar-refractivity contribution in [1.82, 2.24) is 10.4 Å². The summed E-state index contributed by atoms with van der Waals surface area (Å²) in [7, 11) is 0. The SMILES string of the molecule is CCOc1cc(C=NNC(=O)c2cccnc2)ccc1OC(=O)c1ccccc1Cl. The molecule has 2 aromatic carbocycles. The summed E-state index contributed by atoms with van der Waals surface area (Å²) < 4.78 is 11.0. The molecule has 1 amide bonds. The van der Waals surface area contributed by atoms with E-state index >= 15 is 0 Å². The second-order valence-corrected chi connectivity index (χ2v) is 6.36. The van der Waals surface area contributed by atoms with Gasteiger partial charge in [0.2, 0.25) is 0 Å². The average Bonchev–Trinajstić information content (AvgIpc) is 2.76. The van der Waals surface area contributed by atoms with Crippen molar-refractivity contribution in [3.8, 4) is 11.5 Å². The molecule has 8 heteroatoms. The smallest absolute Gasteiger partial charge is 0.345 e. The van der Waals surface area contributed by atoms with E-state index in [9.17, 15) is 9.59 Å². The van der Waals surface area contributed by atoms with Crippen LogP contribution in [0.5, 0.6) is 11.5 Å². The molecule has 1 N–H and O–H groups in total. The summed E-state index contributed by atoms with van der Waals surface area (Å²) in [5.74, 6) is -0.361. The number of pyridine rings is 1. The fraction of sp³-hybridized carbons (Fsp3) is 0.0909. The Labute approximate surface area is 178 Å². The number of rotatable bonds is 7. The quantitative estimate of drug-likeness (QED) is 0.267. The molecule has 7 nitrogen and oxygen atoms in total. The lowest BCUT2D eigenvalue weighted by Gasteiger charge is -2.12. The molecule has 30 heavy (non-hydrogen) atoms. The number of ether oxygens (including phenoxy) is 2. The molecule has 0 atom stereocenters. The second-order valence-electron chi connectivity index (χ2n) is 5.95. The van der Waals surface area contributed by atoms with Gasteiger partial charge < -0.3 is 9.47 Å². The Balaban J connectivity index is 1.72. The van der Waals surface area contributed by atoms with E-state index in [1.165, 1.54) is 12.4 Å². The van der Waals surface area contributed by atoms with Gasteiger partial charge in [0.05, 0.1) is 29.0 Å². The molecule has 1 heterocycles. The summed E-state index contributed by atoms with van der Waals surface area (Å²) in [5, 5.41) is 4.24. The van der Waals surface area contributed by atoms with Crippen molar-refractivity contribution in [3.05, 3.63) is 88.7 Å². The van der Waals surface area contributed by atoms with Gasteiger partial charge in [-0.2, -0.15) is 5.10 Å². The van der Waals surface area contributed by atoms with Gasteiger partial charge in [0, 0.05) is 12.4 Å². The Morgan fingerprint density at radius 3 is 2.70 bits per heavy atom. The number of benzene rings is 2. The van der Waals surface area contributed by atoms with Gasteiger partial charge in [-0.1, -0.05) is 23.7 Å². The van der Waals surface area contributed by atoms with Crippen LogP contribution in [0, 0.1) is 0 Å². The first-order valence-corrected chi connectivity index (χ1v) is 9.43. The van der Waals surface area contributed by atoms with Crippen LogP contribution in [0.15, 0.2) is 72.1 Å². The van der Waals surface area contributed by atoms with E-state index in [2.05, 4.69) is 15.5 Å². The highest BCUT2D eigenvalue weighted by Crippen LogP contribution is 2.29. The van der Waals surface area contributed by atoms with E-state index in [4.69, 9.17) is 21.1 Å². The lowest BCUT2D eigenvalue weighted by molar-refractivity contribution is 0.0728. The molecule has 152 valence electrons. The van der Waals surface area contributed by atoms with Crippen molar-refractivity contribution < 1.29 is 19.1 Å². The van der Waals surface area contributed by atoms with Crippen LogP contribution in [-0.4, -0.2) is 29.7 Å². The van der Waals surface area contributed by atoms with Crippen molar-refractivity contribution in [2.24, 2.45) is 5.10 Å². The van der Waals surface area contributed by atoms with Gasteiger partial charge in [0.15, 0.2) is 11.5 Å². The molecule has 0 aliphatic carbocycles. The molecule has 0 bridgehead atoms. The lowest BCUT2D eigenvalue weighted by Crippen LogP contribution is -2.17. The molecule has 0 spiro atoms. The summed E-state index contributed by atoms with van der Waals surface area (Å²) in [5.41, 5.74) is 3.71. The van der Waals surface area contributed by atoms with Crippen molar-refractivity contribution in [2.45, 2.75) is 6.92 Å². The number of hydrogen-bond acceptors (Lipinski definition) is 6. The van der Waals surface area contributed by atoms with Crippen LogP contribution in [-0.2, 0) is 0 Å². The third kappa shape index (κ3) is 5.42. The van der Waals surface area contributed by atoms with Crippen molar-refractivity contribution in [1.29, 1.82) is 0 Å². The summed E-state index contributed by atoms with van der Waals surface area (Å²) in [6.07, 6.45) is 4.48. The highest BCUT2D eigenvalue weighted by molar-refractivity contribution is 6.33. The number of nitrogens with one attached hydrogen (secondary N) is 1. The Bertz CT molecular complexity index is 1070. The summed E-state index contributed by atoms with van der Waals surface area (Å²) in [6.45, 7) is 2.18. The van der Waals surface area contributed by atoms with Gasteiger partial charge in [-0.25, -0.2) is 10.2 Å². The molecule has 1 aromatic heterocycles. The van der Waals surface area contributed by atoms with Crippen LogP contribution in [0.25, 0.3) is 0 Å². The van der Waals surface area contributed by atoms with Gasteiger partial charge >= 0.3 is 5.97 Å². The third-order valence-corrected chi connectivity index (χ3v) is 4.20. The van der Waals surface area contributed by atoms with E-state index in [1.54, 1.807) is 60.8 Å². The lowest BCUT2D eigenvalue weighted by atomic mass is 10.2. The zero-order valence-electron chi connectivity index (χ0n) is 16.0. The minimum atomic E-state index is -0.591. The van der Waals surface area contributed by atoms with Crippen LogP contribution in [0.3, 0.4) is 0 Å². The number of nitrogens with zero attached hydrogens (tertiary/aromatic N) is 2. The zero-order chi connectivity index (χ0) is 21.3. The van der Waals surface area contributed by atoms with Crippen LogP contribution in [0.1, 0.15) is 33.2 Å². The summed E-state index contributed by atoms with van der Waals surface area (Å²) >= 11 is 6.05. The molecule has 0 aliphatic heterocycles. The topological polar surface area (TPSA) is 89.9 Å². The number of carbonyl (C=O) groups is 2. The molecule has 0 aliphatic rings. The van der Waals surface area contributed by atoms with Crippen LogP contribution < -0.4 is 14.9 Å². The molecule has 3 aromatic rings. The zero-order valence-corrected chi connectivity index (χ0v) is 16.8. The van der Waals surface area contributed by atoms with Gasteiger partial charge in [0.25, 0.3) is 5.91 Å². The number of esters is 1. The van der Waals surface area contributed by atoms with Crippen LogP contribution in [0.2, 0.25) is 5.02 Å². The molecule has 0 radical (unpaired) electrons. The number of carbonyl (C=O) groups excluding carboxylic acids is 2. The summed E-state index contributed by atoms with van der Waals surface area (Å²) in [4.78, 5) is 28.3. The first kappa shape index (κ1) is 21.0. The van der Waals surface area contributed by atoms with Gasteiger partial charge in [-0.3, -0.25) is 9.78 Å². The Kier molecular flexibility index (Phi) is 7.13. The van der Waals surface area contributed by atoms with Gasteiger partial charge in [-0.15, -0.1) is 0 Å². The fourth-order valence-corrected chi connectivity index (χ4v) is 2.68. The standard InChI is InChI=1S/C22H18ClN3O4/c1-2-29-20-12-15(13-25-26-21(27)16-6-5-11-24-14-16)9-10-19(20)30-22(28)17-7-3-4-8-18(17)23/h3-14H,2H2,1H3,(H,26,27). The van der Waals surface area contributed by atoms with E-state index in [-0.39, 0.29) is 17.2 Å². The first-order chi connectivity index (χ1) is 14.6. The van der Waals surface area contributed by atoms with Gasteiger partial charge in [0.1, 0.15) is 0 Å². The summed E-state index contributed by atoms with van der Waals surface area (Å²) in [6, 6.07) is 14.8. The average molecular weight is 424 g/mol. The first-order valence-electron chi connectivity index (χ1n) is 9.05. The van der Waals surface area contributed by atoms with E-state index in [0.29, 0.717) is 28.5 Å². The minimum absolute atomic E-state index is 0.248. The number of aromatic nitrogens is 1. The predicted molar refractivity (Wildman–Crippen MR) is 113 cm³/mol. The number of halogens is 1. The number of hydrazone groups is 1. The highest BCUT2D eigenvalue weighted by Gasteiger charge is 2.15. The normalized spacial score (nSPS) is 10.6. The monoisotopic (exact) mass is 423 g/mol. The number of amides is 1. The maximum Gasteiger partial charge on any atom is 0.345 e. The van der Waals surface area contributed by atoms with Crippen molar-refractivity contribution in [2.75, 3.05) is 6.61 Å². The van der Waals surface area contributed by atoms with Crippen LogP contribution in [0.4, 0.5) is 0 Å². The molecular weight excluding hydrogens is 406 g/mol. The third-order valence-electron chi connectivity index (χ3n) is 3.87. The molecule has 0 unspecified atom stereocenters. The maximum atomic E-state index is 12.4. The van der Waals surface area contributed by atoms with E-state index in [1.807, 2.05) is 6.92 Å². The number of hydrogen-bond donors (Lipinski definition) is 1. The fourth-order valence-electron chi connectivity index (χ4n) is 2.47. The van der Waals surface area contributed by atoms with Crippen LogP contribution >= 0.6 is 11.6 Å². The molecule has 3 rings (SSSR count). The molecule has 0 saturated carbocycles. The minimum Gasteiger partial charge on any atom is -0.490 e. The molecular formula is C22H18ClN3O4. The Morgan fingerprint density at radius 1 is 1.13 bits per heavy atom. The van der Waals surface area contributed by atoms with Crippen molar-refractivity contribution in [3.63, 3.8) is 0 Å². The van der Waals surface area contributed by atoms with Crippen molar-refractivity contribution >= 4 is 29.7 Å². The maximum absolute atomic E-state index is 12.4.